The van der Waals surface area contributed by atoms with Crippen LogP contribution in [0.25, 0.3) is 0 Å². The largest absolute Gasteiger partial charge is 0.493 e. The molecule has 0 unspecified atom stereocenters. The van der Waals surface area contributed by atoms with Gasteiger partial charge < -0.3 is 24.4 Å². The number of piperidine rings is 1. The van der Waals surface area contributed by atoms with Crippen molar-refractivity contribution in [2.75, 3.05) is 33.4 Å². The predicted molar refractivity (Wildman–Crippen MR) is 133 cm³/mol. The lowest BCUT2D eigenvalue weighted by molar-refractivity contribution is -0.140. The maximum Gasteiger partial charge on any atom is 0.161 e. The van der Waals surface area contributed by atoms with Gasteiger partial charge in [-0.3, -0.25) is 9.58 Å². The van der Waals surface area contributed by atoms with E-state index in [0.717, 1.165) is 11.1 Å². The molecule has 3 aromatic rings. The third-order valence-corrected chi connectivity index (χ3v) is 6.48. The number of aromatic nitrogens is 2. The van der Waals surface area contributed by atoms with E-state index in [1.165, 1.54) is 0 Å². The lowest BCUT2D eigenvalue weighted by Gasteiger charge is -2.42. The zero-order valence-electron chi connectivity index (χ0n) is 20.1. The Morgan fingerprint density at radius 3 is 2.77 bits per heavy atom. The molecule has 2 atom stereocenters. The van der Waals surface area contributed by atoms with Crippen LogP contribution in [0.1, 0.15) is 17.5 Å². The number of likely N-dealkylation sites (tertiary alicyclic amines) is 1. The number of nitrogens with zero attached hydrogens (tertiary/aromatic N) is 3. The highest BCUT2D eigenvalue weighted by molar-refractivity contribution is 6.32. The lowest BCUT2D eigenvalue weighted by Crippen LogP contribution is -2.59. The molecule has 0 bridgehead atoms. The molecule has 0 radical (unpaired) electrons. The molecule has 1 fully saturated rings. The second-order valence-corrected chi connectivity index (χ2v) is 9.35. The zero-order valence-corrected chi connectivity index (χ0v) is 20.8. The number of halogens is 1. The Labute approximate surface area is 210 Å². The van der Waals surface area contributed by atoms with E-state index in [0.29, 0.717) is 54.9 Å². The van der Waals surface area contributed by atoms with Crippen LogP contribution >= 0.6 is 11.6 Å². The quantitative estimate of drug-likeness (QED) is 0.440. The summed E-state index contributed by atoms with van der Waals surface area (Å²) in [6.07, 6.45) is 3.18. The summed E-state index contributed by atoms with van der Waals surface area (Å²) >= 11 is 6.22. The van der Waals surface area contributed by atoms with Crippen LogP contribution in [-0.2, 0) is 13.1 Å². The van der Waals surface area contributed by atoms with Gasteiger partial charge in [-0.2, -0.15) is 5.10 Å². The van der Waals surface area contributed by atoms with Crippen LogP contribution in [0.3, 0.4) is 0 Å². The Bertz CT molecular complexity index is 1110. The molecule has 8 nitrogen and oxygen atoms in total. The minimum absolute atomic E-state index is 0.0554. The molecule has 2 heterocycles. The highest BCUT2D eigenvalue weighted by atomic mass is 35.5. The molecule has 188 valence electrons. The number of aliphatic hydroxyl groups is 2. The number of rotatable bonds is 10. The molecule has 4 rings (SSSR count). The maximum absolute atomic E-state index is 11.2. The van der Waals surface area contributed by atoms with E-state index in [4.69, 9.17) is 25.8 Å². The molecule has 0 saturated carbocycles. The number of hydrogen-bond acceptors (Lipinski definition) is 7. The van der Waals surface area contributed by atoms with Crippen molar-refractivity contribution >= 4 is 11.6 Å². The van der Waals surface area contributed by atoms with Crippen molar-refractivity contribution < 1.29 is 24.4 Å². The molecule has 1 saturated heterocycles. The van der Waals surface area contributed by atoms with Crippen LogP contribution in [0.4, 0.5) is 0 Å². The van der Waals surface area contributed by atoms with E-state index < -0.39 is 11.7 Å². The Kier molecular flexibility index (Phi) is 8.18. The number of benzene rings is 2. The number of β-amino-alcohol motifs (C(OH)–C–C–N with tert-alkyl or cyclic N) is 1. The molecule has 0 aliphatic carbocycles. The summed E-state index contributed by atoms with van der Waals surface area (Å²) in [6.45, 7) is 4.51. The first kappa shape index (κ1) is 25.3. The second-order valence-electron chi connectivity index (χ2n) is 8.94. The summed E-state index contributed by atoms with van der Waals surface area (Å²) in [5.41, 5.74) is 0.609. The van der Waals surface area contributed by atoms with Gasteiger partial charge in [0.15, 0.2) is 11.5 Å². The van der Waals surface area contributed by atoms with Gasteiger partial charge >= 0.3 is 0 Å². The van der Waals surface area contributed by atoms with Crippen LogP contribution in [0, 0.1) is 6.92 Å². The third-order valence-electron chi connectivity index (χ3n) is 6.17. The van der Waals surface area contributed by atoms with Gasteiger partial charge in [0.05, 0.1) is 24.8 Å². The number of aliphatic hydroxyl groups excluding tert-OH is 1. The molecule has 2 aromatic carbocycles. The van der Waals surface area contributed by atoms with Gasteiger partial charge in [-0.15, -0.1) is 0 Å². The maximum atomic E-state index is 11.2. The van der Waals surface area contributed by atoms with E-state index in [1.807, 2.05) is 54.2 Å². The Morgan fingerprint density at radius 2 is 2.00 bits per heavy atom. The molecular formula is C26H32ClN3O5. The summed E-state index contributed by atoms with van der Waals surface area (Å²) in [5, 5.41) is 26.4. The zero-order chi connectivity index (χ0) is 24.8. The smallest absolute Gasteiger partial charge is 0.161 e. The first-order valence-electron chi connectivity index (χ1n) is 11.7. The summed E-state index contributed by atoms with van der Waals surface area (Å²) in [7, 11) is 1.61. The minimum atomic E-state index is -1.41. The Morgan fingerprint density at radius 1 is 1.14 bits per heavy atom. The van der Waals surface area contributed by atoms with Crippen LogP contribution in [0.5, 0.6) is 17.2 Å². The molecular weight excluding hydrogens is 470 g/mol. The van der Waals surface area contributed by atoms with Crippen molar-refractivity contribution in [2.45, 2.75) is 38.1 Å². The first-order chi connectivity index (χ1) is 16.9. The summed E-state index contributed by atoms with van der Waals surface area (Å²) < 4.78 is 19.1. The standard InChI is InChI=1S/C26H32ClN3O5/c1-19-4-6-21(27)23(14-19)35-18-26(32)17-29(11-8-25(26)31)16-20-5-7-22(24(15-20)33-2)34-13-12-30-10-3-9-28-30/h3-7,9-10,14-15,25,31-32H,8,11-13,16-18H2,1-2H3/t25-,26-/m0/s1. The minimum Gasteiger partial charge on any atom is -0.493 e. The predicted octanol–water partition coefficient (Wildman–Crippen LogP) is 3.31. The van der Waals surface area contributed by atoms with Crippen molar-refractivity contribution in [3.63, 3.8) is 0 Å². The van der Waals surface area contributed by atoms with E-state index in [2.05, 4.69) is 10.00 Å². The first-order valence-corrected chi connectivity index (χ1v) is 12.0. The second kappa shape index (κ2) is 11.3. The fraction of sp³-hybridized carbons (Fsp3) is 0.423. The van der Waals surface area contributed by atoms with Gasteiger partial charge in [0.2, 0.25) is 0 Å². The topological polar surface area (TPSA) is 89.2 Å². The van der Waals surface area contributed by atoms with Crippen LogP contribution in [-0.4, -0.2) is 70.0 Å². The highest BCUT2D eigenvalue weighted by Gasteiger charge is 2.42. The van der Waals surface area contributed by atoms with Gasteiger partial charge in [0.25, 0.3) is 0 Å². The molecule has 0 amide bonds. The molecule has 1 aromatic heterocycles. The highest BCUT2D eigenvalue weighted by Crippen LogP contribution is 2.31. The van der Waals surface area contributed by atoms with Gasteiger partial charge in [-0.1, -0.05) is 23.7 Å². The average Bonchev–Trinajstić information content (AvgIpc) is 3.36. The van der Waals surface area contributed by atoms with Crippen molar-refractivity contribution in [1.82, 2.24) is 14.7 Å². The average molecular weight is 502 g/mol. The molecule has 1 aliphatic rings. The fourth-order valence-electron chi connectivity index (χ4n) is 4.22. The summed E-state index contributed by atoms with van der Waals surface area (Å²) in [5.74, 6) is 1.81. The van der Waals surface area contributed by atoms with E-state index in [-0.39, 0.29) is 13.2 Å². The van der Waals surface area contributed by atoms with Gasteiger partial charge in [0.1, 0.15) is 24.6 Å². The number of aryl methyl sites for hydroxylation is 1. The molecule has 1 aliphatic heterocycles. The summed E-state index contributed by atoms with van der Waals surface area (Å²) in [6, 6.07) is 13.2. The van der Waals surface area contributed by atoms with Crippen molar-refractivity contribution in [2.24, 2.45) is 0 Å². The van der Waals surface area contributed by atoms with Crippen LogP contribution < -0.4 is 14.2 Å². The Hall–Kier alpha value is -2.78. The normalized spacial score (nSPS) is 20.5. The molecule has 2 N–H and O–H groups in total. The van der Waals surface area contributed by atoms with Crippen LogP contribution in [0.15, 0.2) is 54.9 Å². The van der Waals surface area contributed by atoms with Gasteiger partial charge in [-0.25, -0.2) is 0 Å². The number of ether oxygens (including phenoxy) is 3. The summed E-state index contributed by atoms with van der Waals surface area (Å²) in [4.78, 5) is 2.10. The number of methoxy groups -OCH3 is 1. The van der Waals surface area contributed by atoms with Crippen molar-refractivity contribution in [3.05, 3.63) is 71.0 Å². The van der Waals surface area contributed by atoms with Crippen LogP contribution in [0.2, 0.25) is 5.02 Å². The Balaban J connectivity index is 1.36. The molecule has 9 heteroatoms. The number of hydrogen-bond donors (Lipinski definition) is 2. The van der Waals surface area contributed by atoms with Gasteiger partial charge in [0, 0.05) is 32.0 Å². The van der Waals surface area contributed by atoms with E-state index >= 15 is 0 Å². The fourth-order valence-corrected chi connectivity index (χ4v) is 4.39. The van der Waals surface area contributed by atoms with Crippen molar-refractivity contribution in [3.8, 4) is 17.2 Å². The SMILES string of the molecule is COc1cc(CN2CC[C@H](O)[C@@](O)(COc3cc(C)ccc3Cl)C2)ccc1OCCn1cccn1. The third kappa shape index (κ3) is 6.46. The molecule has 35 heavy (non-hydrogen) atoms. The molecule has 0 spiro atoms. The van der Waals surface area contributed by atoms with Gasteiger partial charge in [-0.05, 0) is 54.8 Å². The lowest BCUT2D eigenvalue weighted by atomic mass is 9.90. The van der Waals surface area contributed by atoms with E-state index in [1.54, 1.807) is 19.4 Å². The van der Waals surface area contributed by atoms with E-state index in [9.17, 15) is 10.2 Å². The van der Waals surface area contributed by atoms with Crippen molar-refractivity contribution in [1.29, 1.82) is 0 Å². The monoisotopic (exact) mass is 501 g/mol.